The number of hydrogen-bond donors (Lipinski definition) is 1. The lowest BCUT2D eigenvalue weighted by Crippen LogP contribution is -2.45. The van der Waals surface area contributed by atoms with E-state index in [0.29, 0.717) is 24.5 Å². The van der Waals surface area contributed by atoms with Crippen LogP contribution in [0.3, 0.4) is 0 Å². The lowest BCUT2D eigenvalue weighted by molar-refractivity contribution is -0.126. The summed E-state index contributed by atoms with van der Waals surface area (Å²) >= 11 is 0. The van der Waals surface area contributed by atoms with Gasteiger partial charge < -0.3 is 9.88 Å². The molecule has 0 radical (unpaired) electrons. The molecule has 1 aromatic heterocycles. The topological polar surface area (TPSA) is 67.2 Å². The molecule has 6 heteroatoms. The molecule has 37 heavy (non-hydrogen) atoms. The van der Waals surface area contributed by atoms with Crippen molar-refractivity contribution in [3.05, 3.63) is 66.5 Å². The molecule has 3 fully saturated rings. The van der Waals surface area contributed by atoms with E-state index in [1.165, 1.54) is 23.9 Å². The minimum Gasteiger partial charge on any atom is -0.349 e. The highest BCUT2D eigenvalue weighted by Gasteiger charge is 2.41. The molecule has 2 saturated heterocycles. The highest BCUT2D eigenvalue weighted by atomic mass is 16.2. The monoisotopic (exact) mass is 498 g/mol. The summed E-state index contributed by atoms with van der Waals surface area (Å²) in [5.41, 5.74) is 3.49. The van der Waals surface area contributed by atoms with Crippen LogP contribution in [0.5, 0.6) is 0 Å². The van der Waals surface area contributed by atoms with E-state index >= 15 is 0 Å². The number of aromatic nitrogens is 2. The fourth-order valence-corrected chi connectivity index (χ4v) is 7.27. The Bertz CT molecular complexity index is 1240. The molecule has 2 aliphatic heterocycles. The number of fused-ring (bicyclic) bond motifs is 3. The third-order valence-corrected chi connectivity index (χ3v) is 9.31. The number of piperidine rings is 1. The zero-order valence-corrected chi connectivity index (χ0v) is 21.8. The Kier molecular flexibility index (Phi) is 6.85. The largest absolute Gasteiger partial charge is 0.349 e. The molecule has 0 spiro atoms. The fraction of sp³-hybridized carbons (Fsp3) is 0.516. The molecule has 2 aromatic carbocycles. The van der Waals surface area contributed by atoms with Crippen LogP contribution in [0.15, 0.2) is 60.9 Å². The summed E-state index contributed by atoms with van der Waals surface area (Å²) in [6.07, 6.45) is 10.1. The van der Waals surface area contributed by atoms with Gasteiger partial charge in [0.2, 0.25) is 5.91 Å². The lowest BCUT2D eigenvalue weighted by Gasteiger charge is -2.40. The number of para-hydroxylation sites is 2. The Morgan fingerprint density at radius 2 is 1.59 bits per heavy atom. The first-order valence-electron chi connectivity index (χ1n) is 14.1. The van der Waals surface area contributed by atoms with Crippen LogP contribution >= 0.6 is 0 Å². The number of nitrogens with zero attached hydrogens (tertiary/aromatic N) is 3. The molecule has 6 nitrogen and oxygen atoms in total. The van der Waals surface area contributed by atoms with Crippen molar-refractivity contribution in [1.82, 2.24) is 19.8 Å². The fourth-order valence-electron chi connectivity index (χ4n) is 7.27. The number of hydrogen-bond acceptors (Lipinski definition) is 4. The normalized spacial score (nSPS) is 28.4. The van der Waals surface area contributed by atoms with Gasteiger partial charge in [-0.25, -0.2) is 4.98 Å². The van der Waals surface area contributed by atoms with Crippen molar-refractivity contribution in [1.29, 1.82) is 0 Å². The highest BCUT2D eigenvalue weighted by molar-refractivity contribution is 5.83. The minimum absolute atomic E-state index is 0.000191. The maximum atomic E-state index is 13.2. The minimum atomic E-state index is -0.0444. The number of benzene rings is 2. The third-order valence-electron chi connectivity index (χ3n) is 9.31. The molecule has 3 heterocycles. The summed E-state index contributed by atoms with van der Waals surface area (Å²) < 4.78 is 2.40. The molecule has 3 aromatic rings. The number of Topliss-reactive ketones (excluding diaryl/α,β-unsaturated/α-hetero) is 1. The number of nitrogens with one attached hydrogen (secondary N) is 1. The maximum absolute atomic E-state index is 13.2. The highest BCUT2D eigenvalue weighted by Crippen LogP contribution is 2.42. The van der Waals surface area contributed by atoms with Gasteiger partial charge in [-0.2, -0.15) is 0 Å². The van der Waals surface area contributed by atoms with Gasteiger partial charge in [-0.1, -0.05) is 42.5 Å². The van der Waals surface area contributed by atoms with Crippen LogP contribution in [0.1, 0.15) is 75.9 Å². The van der Waals surface area contributed by atoms with E-state index in [9.17, 15) is 9.59 Å². The van der Waals surface area contributed by atoms with E-state index in [1.54, 1.807) is 6.92 Å². The molecule has 1 amide bonds. The van der Waals surface area contributed by atoms with Crippen LogP contribution in [0.2, 0.25) is 0 Å². The Hall–Kier alpha value is -2.99. The molecule has 3 unspecified atom stereocenters. The molecule has 1 saturated carbocycles. The van der Waals surface area contributed by atoms with Crippen LogP contribution < -0.4 is 5.32 Å². The predicted octanol–water partition coefficient (Wildman–Crippen LogP) is 5.46. The zero-order chi connectivity index (χ0) is 25.4. The summed E-state index contributed by atoms with van der Waals surface area (Å²) in [7, 11) is 0. The second kappa shape index (κ2) is 10.4. The smallest absolute Gasteiger partial charge is 0.223 e. The standard InChI is InChI=1S/C31H38N4O2/c1-21(36)23-11-12-24(17-23)31(37)33-28(22-7-3-2-4-8-22)15-16-34-25-13-14-26(34)19-27(18-25)35-20-32-29-9-5-6-10-30(29)35/h2-10,20,23-28H,11-19H2,1H3,(H,33,37)/t23-,24?,25?,26?,27?,28-/m0/s1. The van der Waals surface area contributed by atoms with Crippen molar-refractivity contribution < 1.29 is 9.59 Å². The molecule has 1 aliphatic carbocycles. The van der Waals surface area contributed by atoms with Crippen molar-refractivity contribution >= 4 is 22.7 Å². The van der Waals surface area contributed by atoms with Gasteiger partial charge in [0.05, 0.1) is 23.4 Å². The summed E-state index contributed by atoms with van der Waals surface area (Å²) in [4.78, 5) is 32.4. The van der Waals surface area contributed by atoms with Gasteiger partial charge in [0, 0.05) is 36.5 Å². The lowest BCUT2D eigenvalue weighted by atomic mass is 9.95. The SMILES string of the molecule is CC(=O)[C@H]1CCC(C(=O)N[C@@H](CCN2C3CCC2CC(n2cnc4ccccc42)C3)c2ccccc2)C1. The van der Waals surface area contributed by atoms with Gasteiger partial charge in [0.15, 0.2) is 0 Å². The van der Waals surface area contributed by atoms with E-state index in [0.717, 1.165) is 44.2 Å². The van der Waals surface area contributed by atoms with Crippen LogP contribution in [-0.4, -0.2) is 44.8 Å². The summed E-state index contributed by atoms with van der Waals surface area (Å²) in [5.74, 6) is 0.344. The number of ketones is 1. The van der Waals surface area contributed by atoms with Crippen molar-refractivity contribution in [2.45, 2.75) is 82.5 Å². The zero-order valence-electron chi connectivity index (χ0n) is 21.8. The van der Waals surface area contributed by atoms with Crippen LogP contribution in [-0.2, 0) is 9.59 Å². The first-order chi connectivity index (χ1) is 18.1. The molecule has 5 atom stereocenters. The first kappa shape index (κ1) is 24.4. The summed E-state index contributed by atoms with van der Waals surface area (Å²) in [5, 5.41) is 3.39. The average Bonchev–Trinajstić information content (AvgIpc) is 3.63. The molecule has 2 bridgehead atoms. The van der Waals surface area contributed by atoms with Gasteiger partial charge >= 0.3 is 0 Å². The molecule has 3 aliphatic rings. The van der Waals surface area contributed by atoms with Crippen LogP contribution in [0.4, 0.5) is 0 Å². The summed E-state index contributed by atoms with van der Waals surface area (Å²) in [6, 6.07) is 20.5. The van der Waals surface area contributed by atoms with Gasteiger partial charge in [0.1, 0.15) is 5.78 Å². The van der Waals surface area contributed by atoms with Gasteiger partial charge in [-0.15, -0.1) is 0 Å². The molecular weight excluding hydrogens is 460 g/mol. The van der Waals surface area contributed by atoms with Crippen LogP contribution in [0.25, 0.3) is 11.0 Å². The molecule has 1 N–H and O–H groups in total. The summed E-state index contributed by atoms with van der Waals surface area (Å²) in [6.45, 7) is 2.65. The Morgan fingerprint density at radius 3 is 2.32 bits per heavy atom. The quantitative estimate of drug-likeness (QED) is 0.448. The van der Waals surface area contributed by atoms with Gasteiger partial charge in [-0.05, 0) is 76.0 Å². The maximum Gasteiger partial charge on any atom is 0.223 e. The Morgan fingerprint density at radius 1 is 0.892 bits per heavy atom. The van der Waals surface area contributed by atoms with Crippen molar-refractivity contribution in [2.75, 3.05) is 6.54 Å². The Balaban J connectivity index is 1.12. The van der Waals surface area contributed by atoms with Crippen LogP contribution in [0, 0.1) is 11.8 Å². The first-order valence-corrected chi connectivity index (χ1v) is 14.1. The predicted molar refractivity (Wildman–Crippen MR) is 145 cm³/mol. The molecule has 6 rings (SSSR count). The number of amides is 1. The Labute approximate surface area is 219 Å². The van der Waals surface area contributed by atoms with Crippen molar-refractivity contribution in [2.24, 2.45) is 11.8 Å². The molecule has 194 valence electrons. The van der Waals surface area contributed by atoms with Gasteiger partial charge in [0.25, 0.3) is 0 Å². The number of carbonyl (C=O) groups is 2. The van der Waals surface area contributed by atoms with E-state index < -0.39 is 0 Å². The second-order valence-electron chi connectivity index (χ2n) is 11.5. The van der Waals surface area contributed by atoms with E-state index in [1.807, 2.05) is 12.4 Å². The number of rotatable bonds is 8. The number of imidazole rings is 1. The number of carbonyl (C=O) groups excluding carboxylic acids is 2. The third kappa shape index (κ3) is 4.96. The average molecular weight is 499 g/mol. The van der Waals surface area contributed by atoms with E-state index in [4.69, 9.17) is 0 Å². The van der Waals surface area contributed by atoms with Gasteiger partial charge in [-0.3, -0.25) is 14.5 Å². The van der Waals surface area contributed by atoms with E-state index in [-0.39, 0.29) is 29.6 Å². The molecular formula is C31H38N4O2. The van der Waals surface area contributed by atoms with Crippen molar-refractivity contribution in [3.8, 4) is 0 Å². The second-order valence-corrected chi connectivity index (χ2v) is 11.5. The van der Waals surface area contributed by atoms with E-state index in [2.05, 4.69) is 68.3 Å². The van der Waals surface area contributed by atoms with Crippen molar-refractivity contribution in [3.63, 3.8) is 0 Å².